The molecule has 0 bridgehead atoms. The summed E-state index contributed by atoms with van der Waals surface area (Å²) in [6, 6.07) is 6.49. The molecule has 1 aromatic carbocycles. The summed E-state index contributed by atoms with van der Waals surface area (Å²) in [6.07, 6.45) is 2.52. The van der Waals surface area contributed by atoms with E-state index in [2.05, 4.69) is 39.0 Å². The van der Waals surface area contributed by atoms with Crippen LogP contribution in [0.15, 0.2) is 23.3 Å². The fourth-order valence-electron chi connectivity index (χ4n) is 3.54. The van der Waals surface area contributed by atoms with Crippen LogP contribution >= 0.6 is 0 Å². The molecule has 2 rings (SSSR count). The molecule has 1 aliphatic rings. The Kier molecular flexibility index (Phi) is 6.90. The van der Waals surface area contributed by atoms with Crippen LogP contribution in [0.4, 0.5) is 10.5 Å². The summed E-state index contributed by atoms with van der Waals surface area (Å²) < 4.78 is 5.51. The number of nitrogens with zero attached hydrogens (tertiary/aromatic N) is 3. The maximum atomic E-state index is 12.3. The molecule has 1 fully saturated rings. The highest BCUT2D eigenvalue weighted by Gasteiger charge is 2.29. The molecule has 1 heterocycles. The number of amides is 1. The smallest absolute Gasteiger partial charge is 0.410 e. The zero-order chi connectivity index (χ0) is 20.2. The van der Waals surface area contributed by atoms with E-state index in [0.717, 1.165) is 25.0 Å². The number of benzene rings is 1. The van der Waals surface area contributed by atoms with Crippen molar-refractivity contribution in [2.75, 3.05) is 25.1 Å². The lowest BCUT2D eigenvalue weighted by Gasteiger charge is -2.34. The Hall–Kier alpha value is -2.04. The second-order valence-corrected chi connectivity index (χ2v) is 8.32. The molecule has 1 aromatic rings. The first-order chi connectivity index (χ1) is 12.7. The Morgan fingerprint density at radius 3 is 2.33 bits per heavy atom. The van der Waals surface area contributed by atoms with Crippen LogP contribution in [-0.2, 0) is 17.6 Å². The minimum Gasteiger partial charge on any atom is -0.444 e. The third kappa shape index (κ3) is 5.47. The normalized spacial score (nSPS) is 19.3. The first-order valence-electron chi connectivity index (χ1n) is 10.1. The van der Waals surface area contributed by atoms with Gasteiger partial charge in [0.15, 0.2) is 0 Å². The Labute approximate surface area is 164 Å². The molecule has 5 nitrogen and oxygen atoms in total. The van der Waals surface area contributed by atoms with Crippen molar-refractivity contribution >= 4 is 17.5 Å². The number of para-hydroxylation sites is 1. The minimum atomic E-state index is -0.463. The zero-order valence-corrected chi connectivity index (χ0v) is 18.0. The number of piperidine rings is 1. The van der Waals surface area contributed by atoms with E-state index in [1.165, 1.54) is 16.8 Å². The van der Waals surface area contributed by atoms with E-state index in [0.29, 0.717) is 13.1 Å². The molecular weight excluding hydrogens is 338 g/mol. The Bertz CT molecular complexity index is 669. The van der Waals surface area contributed by atoms with Crippen molar-refractivity contribution in [2.45, 2.75) is 66.4 Å². The molecule has 1 atom stereocenters. The van der Waals surface area contributed by atoms with E-state index < -0.39 is 5.60 Å². The lowest BCUT2D eigenvalue weighted by molar-refractivity contribution is 0.0228. The Morgan fingerprint density at radius 2 is 1.85 bits per heavy atom. The predicted molar refractivity (Wildman–Crippen MR) is 113 cm³/mol. The zero-order valence-electron chi connectivity index (χ0n) is 18.0. The van der Waals surface area contributed by atoms with Crippen LogP contribution in [-0.4, -0.2) is 42.4 Å². The summed E-state index contributed by atoms with van der Waals surface area (Å²) in [5.74, 6) is 0.215. The minimum absolute atomic E-state index is 0.215. The number of hydrogen-bond donors (Lipinski definition) is 0. The van der Waals surface area contributed by atoms with Gasteiger partial charge in [0.25, 0.3) is 0 Å². The number of hydrazone groups is 1. The summed E-state index contributed by atoms with van der Waals surface area (Å²) in [5, 5.41) is 6.98. The average Bonchev–Trinajstić information content (AvgIpc) is 2.60. The average molecular weight is 374 g/mol. The Morgan fingerprint density at radius 1 is 1.26 bits per heavy atom. The van der Waals surface area contributed by atoms with E-state index in [1.54, 1.807) is 4.90 Å². The molecule has 150 valence electrons. The van der Waals surface area contributed by atoms with Gasteiger partial charge < -0.3 is 9.64 Å². The first kappa shape index (κ1) is 21.3. The molecule has 0 spiro atoms. The van der Waals surface area contributed by atoms with Crippen molar-refractivity contribution in [3.05, 3.63) is 29.3 Å². The van der Waals surface area contributed by atoms with E-state index >= 15 is 0 Å². The quantitative estimate of drug-likeness (QED) is 0.707. The predicted octanol–water partition coefficient (Wildman–Crippen LogP) is 4.88. The van der Waals surface area contributed by atoms with Gasteiger partial charge in [0.2, 0.25) is 0 Å². The number of anilines is 1. The standard InChI is InChI=1S/C22H35N3O2/c1-8-17-11-10-12-18(9-2)20(17)24(7)23-19-13-14-25(15-16(19)3)21(26)27-22(4,5)6/h10-12,16H,8-9,13-15H2,1-7H3/b23-19-. The number of aryl methyl sites for hydroxylation is 2. The number of rotatable bonds is 4. The SMILES string of the molecule is CCc1cccc(CC)c1N(C)/N=C1/CCN(C(=O)OC(C)(C)C)CC1C. The van der Waals surface area contributed by atoms with Gasteiger partial charge in [-0.2, -0.15) is 5.10 Å². The number of carbonyl (C=O) groups excluding carboxylic acids is 1. The summed E-state index contributed by atoms with van der Waals surface area (Å²) >= 11 is 0. The summed E-state index contributed by atoms with van der Waals surface area (Å²) in [7, 11) is 2.04. The van der Waals surface area contributed by atoms with Gasteiger partial charge in [-0.3, -0.25) is 5.01 Å². The lowest BCUT2D eigenvalue weighted by atomic mass is 9.98. The number of carbonyl (C=O) groups is 1. The van der Waals surface area contributed by atoms with Crippen molar-refractivity contribution in [3.8, 4) is 0 Å². The van der Waals surface area contributed by atoms with Gasteiger partial charge in [-0.1, -0.05) is 39.0 Å². The van der Waals surface area contributed by atoms with Crippen LogP contribution in [0.2, 0.25) is 0 Å². The molecule has 5 heteroatoms. The second-order valence-electron chi connectivity index (χ2n) is 8.32. The van der Waals surface area contributed by atoms with Gasteiger partial charge in [0, 0.05) is 38.2 Å². The molecule has 1 unspecified atom stereocenters. The summed E-state index contributed by atoms with van der Waals surface area (Å²) in [6.45, 7) is 13.5. The largest absolute Gasteiger partial charge is 0.444 e. The van der Waals surface area contributed by atoms with Crippen LogP contribution < -0.4 is 5.01 Å². The van der Waals surface area contributed by atoms with E-state index in [9.17, 15) is 4.79 Å². The van der Waals surface area contributed by atoms with Crippen molar-refractivity contribution in [2.24, 2.45) is 11.0 Å². The van der Waals surface area contributed by atoms with Crippen LogP contribution in [0.1, 0.15) is 59.1 Å². The van der Waals surface area contributed by atoms with Gasteiger partial charge in [-0.05, 0) is 44.7 Å². The molecule has 0 radical (unpaired) electrons. The van der Waals surface area contributed by atoms with Crippen molar-refractivity contribution < 1.29 is 9.53 Å². The number of likely N-dealkylation sites (tertiary alicyclic amines) is 1. The number of ether oxygens (including phenoxy) is 1. The highest BCUT2D eigenvalue weighted by atomic mass is 16.6. The van der Waals surface area contributed by atoms with E-state index in [1.807, 2.05) is 32.8 Å². The number of hydrogen-bond acceptors (Lipinski definition) is 4. The highest BCUT2D eigenvalue weighted by Crippen LogP contribution is 2.27. The summed E-state index contributed by atoms with van der Waals surface area (Å²) in [4.78, 5) is 14.1. The third-order valence-electron chi connectivity index (χ3n) is 4.92. The van der Waals surface area contributed by atoms with Gasteiger partial charge in [-0.25, -0.2) is 4.79 Å². The van der Waals surface area contributed by atoms with Crippen molar-refractivity contribution in [3.63, 3.8) is 0 Å². The maximum absolute atomic E-state index is 12.3. The van der Waals surface area contributed by atoms with E-state index in [-0.39, 0.29) is 12.0 Å². The lowest BCUT2D eigenvalue weighted by Crippen LogP contribution is -2.45. The Balaban J connectivity index is 2.14. The van der Waals surface area contributed by atoms with Crippen molar-refractivity contribution in [1.82, 2.24) is 4.90 Å². The molecule has 27 heavy (non-hydrogen) atoms. The molecular formula is C22H35N3O2. The van der Waals surface area contributed by atoms with Crippen LogP contribution in [0, 0.1) is 5.92 Å². The van der Waals surface area contributed by atoms with Gasteiger partial charge in [0.05, 0.1) is 5.69 Å². The van der Waals surface area contributed by atoms with E-state index in [4.69, 9.17) is 9.84 Å². The molecule has 0 aliphatic carbocycles. The van der Waals surface area contributed by atoms with Crippen LogP contribution in [0.25, 0.3) is 0 Å². The molecule has 1 aliphatic heterocycles. The van der Waals surface area contributed by atoms with Gasteiger partial charge >= 0.3 is 6.09 Å². The van der Waals surface area contributed by atoms with Gasteiger partial charge in [0.1, 0.15) is 5.60 Å². The molecule has 0 N–H and O–H groups in total. The fourth-order valence-corrected chi connectivity index (χ4v) is 3.54. The van der Waals surface area contributed by atoms with Crippen LogP contribution in [0.3, 0.4) is 0 Å². The highest BCUT2D eigenvalue weighted by molar-refractivity contribution is 5.89. The summed E-state index contributed by atoms with van der Waals surface area (Å²) in [5.41, 5.74) is 4.54. The fraction of sp³-hybridized carbons (Fsp3) is 0.636. The third-order valence-corrected chi connectivity index (χ3v) is 4.92. The molecule has 1 amide bonds. The maximum Gasteiger partial charge on any atom is 0.410 e. The van der Waals surface area contributed by atoms with Gasteiger partial charge in [-0.15, -0.1) is 0 Å². The first-order valence-corrected chi connectivity index (χ1v) is 10.1. The second kappa shape index (κ2) is 8.77. The molecule has 0 saturated carbocycles. The monoisotopic (exact) mass is 373 g/mol. The molecule has 0 aromatic heterocycles. The topological polar surface area (TPSA) is 45.1 Å². The molecule has 1 saturated heterocycles. The van der Waals surface area contributed by atoms with Crippen molar-refractivity contribution in [1.29, 1.82) is 0 Å². The van der Waals surface area contributed by atoms with Crippen LogP contribution in [0.5, 0.6) is 0 Å².